The van der Waals surface area contributed by atoms with Crippen LogP contribution in [-0.4, -0.2) is 78.0 Å². The van der Waals surface area contributed by atoms with E-state index in [1.54, 1.807) is 56.3 Å². The van der Waals surface area contributed by atoms with Crippen molar-refractivity contribution >= 4 is 22.3 Å². The molecule has 2 atom stereocenters. The highest BCUT2D eigenvalue weighted by Gasteiger charge is 2.54. The molecule has 8 heterocycles. The Balaban J connectivity index is 0.994. The van der Waals surface area contributed by atoms with E-state index < -0.39 is 28.7 Å². The molecule has 3 fully saturated rings. The molecule has 6 aromatic heterocycles. The van der Waals surface area contributed by atoms with Crippen LogP contribution in [0.25, 0.3) is 33.6 Å². The molecular formula is C47H45F2N11O5. The van der Waals surface area contributed by atoms with Gasteiger partial charge in [0.15, 0.2) is 11.6 Å². The predicted octanol–water partition coefficient (Wildman–Crippen LogP) is 6.69. The number of rotatable bonds is 8. The van der Waals surface area contributed by atoms with E-state index in [0.717, 1.165) is 36.8 Å². The smallest absolute Gasteiger partial charge is 0.376 e. The molecule has 0 spiro atoms. The number of aromatic amines is 1. The number of ether oxygens (including phenoxy) is 1. The van der Waals surface area contributed by atoms with Crippen LogP contribution in [0, 0.1) is 11.6 Å². The molecule has 1 amide bonds. The number of imidazole rings is 1. The normalized spacial score (nSPS) is 20.2. The number of halogens is 2. The van der Waals surface area contributed by atoms with Crippen LogP contribution in [0.15, 0.2) is 81.4 Å². The van der Waals surface area contributed by atoms with Crippen LogP contribution >= 0.6 is 0 Å². The summed E-state index contributed by atoms with van der Waals surface area (Å²) in [6, 6.07) is 11.4. The van der Waals surface area contributed by atoms with E-state index in [9.17, 15) is 9.59 Å². The zero-order valence-corrected chi connectivity index (χ0v) is 36.2. The summed E-state index contributed by atoms with van der Waals surface area (Å²) in [6.45, 7) is 7.01. The lowest BCUT2D eigenvalue weighted by Crippen LogP contribution is -2.40. The lowest BCUT2D eigenvalue weighted by molar-refractivity contribution is -0.0593. The molecule has 2 aromatic carbocycles. The van der Waals surface area contributed by atoms with Crippen LogP contribution in [0.5, 0.6) is 0 Å². The van der Waals surface area contributed by atoms with Crippen molar-refractivity contribution in [3.63, 3.8) is 0 Å². The summed E-state index contributed by atoms with van der Waals surface area (Å²) >= 11 is 0. The summed E-state index contributed by atoms with van der Waals surface area (Å²) in [5, 5.41) is 18.6. The fraction of sp³-hybridized carbons (Fsp3) is 0.383. The van der Waals surface area contributed by atoms with Crippen molar-refractivity contribution in [3.8, 4) is 17.2 Å². The number of aryl methyl sites for hydroxylation is 1. The molecule has 2 aliphatic carbocycles. The zero-order valence-electron chi connectivity index (χ0n) is 36.2. The van der Waals surface area contributed by atoms with Gasteiger partial charge in [0, 0.05) is 44.6 Å². The summed E-state index contributed by atoms with van der Waals surface area (Å²) in [5.74, 6) is -0.869. The van der Waals surface area contributed by atoms with Gasteiger partial charge in [0.2, 0.25) is 0 Å². The standard InChI is InChI=1S/C47H45F2N11O5/c1-25-38-35(53-60(29-7-8-34(48)31(20-29)26-5-6-26)41(38)58-17-16-57(45(58)63)37-10-9-36-33(39(37)49)24-50-55(36)4)11-15-56(25)42(61)32-21-30-19-28(27-12-18-64-46(2,3)22-27)23-51-59(30)40(32)47(13-14-47)43-52-44(62)65-54-43/h7-10,16-17,19-21,23-27H,5-6,11-15,18,22H2,1-4H3,(H,52,54,62)/t25-,27-/m0/s1. The lowest BCUT2D eigenvalue weighted by atomic mass is 9.84. The minimum Gasteiger partial charge on any atom is -0.376 e. The van der Waals surface area contributed by atoms with Gasteiger partial charge in [-0.1, -0.05) is 5.16 Å². The zero-order chi connectivity index (χ0) is 44.7. The van der Waals surface area contributed by atoms with Gasteiger partial charge < -0.3 is 9.64 Å². The van der Waals surface area contributed by atoms with Crippen molar-refractivity contribution in [2.24, 2.45) is 7.05 Å². The highest BCUT2D eigenvalue weighted by Crippen LogP contribution is 2.54. The highest BCUT2D eigenvalue weighted by atomic mass is 19.1. The molecule has 0 radical (unpaired) electrons. The number of hydrogen-bond donors (Lipinski definition) is 1. The number of nitrogens with one attached hydrogen (secondary N) is 1. The van der Waals surface area contributed by atoms with Gasteiger partial charge in [0.25, 0.3) is 5.91 Å². The van der Waals surface area contributed by atoms with Crippen LogP contribution in [0.1, 0.15) is 121 Å². The summed E-state index contributed by atoms with van der Waals surface area (Å²) in [6.07, 6.45) is 11.3. The van der Waals surface area contributed by atoms with Crippen LogP contribution in [0.3, 0.4) is 0 Å². The molecule has 4 aliphatic rings. The van der Waals surface area contributed by atoms with Crippen molar-refractivity contribution < 1.29 is 22.8 Å². The number of hydrogen-bond acceptors (Lipinski definition) is 9. The maximum Gasteiger partial charge on any atom is 0.438 e. The number of aromatic nitrogens is 10. The minimum atomic E-state index is -0.828. The van der Waals surface area contributed by atoms with E-state index in [4.69, 9.17) is 19.5 Å². The third-order valence-electron chi connectivity index (χ3n) is 14.2. The Morgan fingerprint density at radius 2 is 1.77 bits per heavy atom. The monoisotopic (exact) mass is 881 g/mol. The second-order valence-corrected chi connectivity index (χ2v) is 18.8. The van der Waals surface area contributed by atoms with Gasteiger partial charge in [0.05, 0.1) is 74.2 Å². The Labute approximate surface area is 369 Å². The number of nitrogens with zero attached hydrogens (tertiary/aromatic N) is 10. The molecule has 18 heteroatoms. The van der Waals surface area contributed by atoms with Crippen LogP contribution < -0.4 is 11.4 Å². The van der Waals surface area contributed by atoms with E-state index in [1.807, 2.05) is 19.2 Å². The Morgan fingerprint density at radius 3 is 2.52 bits per heavy atom. The van der Waals surface area contributed by atoms with Crippen LogP contribution in [0.4, 0.5) is 8.78 Å². The van der Waals surface area contributed by atoms with Gasteiger partial charge in [-0.15, -0.1) is 0 Å². The van der Waals surface area contributed by atoms with E-state index in [-0.39, 0.29) is 40.2 Å². The first-order chi connectivity index (χ1) is 31.3. The third-order valence-corrected chi connectivity index (χ3v) is 14.2. The fourth-order valence-corrected chi connectivity index (χ4v) is 10.5. The number of H-pyrrole nitrogens is 1. The number of fused-ring (bicyclic) bond motifs is 3. The highest BCUT2D eigenvalue weighted by molar-refractivity contribution is 5.98. The number of carbonyl (C=O) groups excluding carboxylic acids is 1. The molecule has 0 bridgehead atoms. The SMILES string of the molecule is C[C@H]1c2c(nn(-c3ccc(F)c(C4CC4)c3)c2-n2ccn(-c3ccc4c(cnn4C)c3F)c2=O)CCN1C(=O)c1cc2cc([C@H]3CCOC(C)(C)C3)cnn2c1C1(c2noc(=O)[nH]2)CC1. The van der Waals surface area contributed by atoms with E-state index in [2.05, 4.69) is 35.2 Å². The van der Waals surface area contributed by atoms with Crippen molar-refractivity contribution in [2.45, 2.75) is 94.6 Å². The Hall–Kier alpha value is -6.95. The quantitative estimate of drug-likeness (QED) is 0.175. The summed E-state index contributed by atoms with van der Waals surface area (Å²) < 4.78 is 50.1. The molecule has 2 saturated carbocycles. The largest absolute Gasteiger partial charge is 0.438 e. The molecular weight excluding hydrogens is 837 g/mol. The maximum atomic E-state index is 16.1. The van der Waals surface area contributed by atoms with Gasteiger partial charge in [0.1, 0.15) is 11.6 Å². The van der Waals surface area contributed by atoms with E-state index in [1.165, 1.54) is 27.6 Å². The van der Waals surface area contributed by atoms with Crippen molar-refractivity contribution in [1.29, 1.82) is 0 Å². The molecule has 2 aliphatic heterocycles. The van der Waals surface area contributed by atoms with E-state index in [0.29, 0.717) is 83.3 Å². The summed E-state index contributed by atoms with van der Waals surface area (Å²) in [5.41, 5.74) is 4.16. The van der Waals surface area contributed by atoms with Gasteiger partial charge in [-0.05, 0) is 125 Å². The van der Waals surface area contributed by atoms with Gasteiger partial charge >= 0.3 is 11.4 Å². The molecule has 12 rings (SSSR count). The lowest BCUT2D eigenvalue weighted by Gasteiger charge is -2.35. The third kappa shape index (κ3) is 6.12. The molecule has 1 N–H and O–H groups in total. The fourth-order valence-electron chi connectivity index (χ4n) is 10.5. The van der Waals surface area contributed by atoms with E-state index >= 15 is 13.6 Å². The predicted molar refractivity (Wildman–Crippen MR) is 232 cm³/mol. The molecule has 16 nitrogen and oxygen atoms in total. The maximum absolute atomic E-state index is 16.1. The average Bonchev–Trinajstić information content (AvgIpc) is 4.03. The topological polar surface area (TPSA) is 168 Å². The van der Waals surface area contributed by atoms with Gasteiger partial charge in [-0.2, -0.15) is 15.3 Å². The van der Waals surface area contributed by atoms with Crippen molar-refractivity contribution in [2.75, 3.05) is 13.2 Å². The molecule has 1 saturated heterocycles. The minimum absolute atomic E-state index is 0.0462. The Kier molecular flexibility index (Phi) is 8.55. The van der Waals surface area contributed by atoms with Gasteiger partial charge in [-0.25, -0.2) is 27.6 Å². The first-order valence-corrected chi connectivity index (χ1v) is 22.2. The first-order valence-electron chi connectivity index (χ1n) is 22.2. The summed E-state index contributed by atoms with van der Waals surface area (Å²) in [4.78, 5) is 47.0. The first kappa shape index (κ1) is 39.6. The van der Waals surface area contributed by atoms with Crippen LogP contribution in [0.2, 0.25) is 0 Å². The number of amides is 1. The Morgan fingerprint density at radius 1 is 0.954 bits per heavy atom. The van der Waals surface area contributed by atoms with Crippen LogP contribution in [-0.2, 0) is 23.6 Å². The molecule has 332 valence electrons. The average molecular weight is 882 g/mol. The van der Waals surface area contributed by atoms with Crippen molar-refractivity contribution in [1.82, 2.24) is 53.3 Å². The number of benzene rings is 2. The molecule has 65 heavy (non-hydrogen) atoms. The van der Waals surface area contributed by atoms with Crippen molar-refractivity contribution in [3.05, 3.63) is 139 Å². The second kappa shape index (κ2) is 14.0. The molecule has 8 aromatic rings. The number of carbonyl (C=O) groups is 1. The summed E-state index contributed by atoms with van der Waals surface area (Å²) in [7, 11) is 1.72. The van der Waals surface area contributed by atoms with Gasteiger partial charge in [-0.3, -0.25) is 28.1 Å². The Bertz CT molecular complexity index is 3390. The second-order valence-electron chi connectivity index (χ2n) is 18.8. The molecule has 0 unspecified atom stereocenters.